The van der Waals surface area contributed by atoms with Crippen LogP contribution < -0.4 is 11.1 Å². The number of carboxylic acid groups (broad SMARTS) is 1. The second-order valence-corrected chi connectivity index (χ2v) is 4.12. The number of benzene rings is 1. The molecule has 0 aliphatic carbocycles. The van der Waals surface area contributed by atoms with Crippen LogP contribution in [0.1, 0.15) is 19.3 Å². The summed E-state index contributed by atoms with van der Waals surface area (Å²) in [4.78, 5) is 21.1. The van der Waals surface area contributed by atoms with E-state index in [0.717, 1.165) is 6.42 Å². The van der Waals surface area contributed by atoms with Crippen LogP contribution in [0.2, 0.25) is 0 Å². The molecule has 1 rings (SSSR count). The molecule has 0 aliphatic heterocycles. The Morgan fingerprint density at radius 3 is 2.47 bits per heavy atom. The van der Waals surface area contributed by atoms with Crippen LogP contribution in [0.5, 0.6) is 0 Å². The molecule has 0 unspecified atom stereocenters. The van der Waals surface area contributed by atoms with Gasteiger partial charge in [-0.2, -0.15) is 0 Å². The van der Waals surface area contributed by atoms with Crippen molar-refractivity contribution in [1.82, 2.24) is 0 Å². The zero-order valence-corrected chi connectivity index (χ0v) is 10.4. The summed E-state index contributed by atoms with van der Waals surface area (Å²) in [6.07, 6.45) is 1.95. The standard InChI is InChI=1S/C12H17N3O4/c13-8-2-1-3-11(12(16)17)14-9-4-6-10(7-5-9)15(18)19/h4-7,11,14H,1-3,8,13H2,(H,16,17)/t11-/m0/s1. The number of hydrogen-bond donors (Lipinski definition) is 3. The number of carboxylic acids is 1. The largest absolute Gasteiger partial charge is 0.480 e. The Morgan fingerprint density at radius 1 is 1.37 bits per heavy atom. The molecule has 0 radical (unpaired) electrons. The minimum absolute atomic E-state index is 0.0273. The Hall–Kier alpha value is -2.15. The minimum atomic E-state index is -0.949. The molecule has 104 valence electrons. The van der Waals surface area contributed by atoms with E-state index in [-0.39, 0.29) is 5.69 Å². The highest BCUT2D eigenvalue weighted by atomic mass is 16.6. The van der Waals surface area contributed by atoms with Crippen LogP contribution in [-0.2, 0) is 4.79 Å². The molecule has 7 heteroatoms. The van der Waals surface area contributed by atoms with Crippen molar-refractivity contribution in [2.75, 3.05) is 11.9 Å². The summed E-state index contributed by atoms with van der Waals surface area (Å²) in [7, 11) is 0. The van der Waals surface area contributed by atoms with E-state index in [4.69, 9.17) is 10.8 Å². The summed E-state index contributed by atoms with van der Waals surface area (Å²) in [5.41, 5.74) is 5.88. The van der Waals surface area contributed by atoms with Crippen molar-refractivity contribution in [1.29, 1.82) is 0 Å². The Balaban J connectivity index is 2.63. The number of nitrogens with one attached hydrogen (secondary N) is 1. The zero-order chi connectivity index (χ0) is 14.3. The van der Waals surface area contributed by atoms with Crippen LogP contribution >= 0.6 is 0 Å². The smallest absolute Gasteiger partial charge is 0.326 e. The Morgan fingerprint density at radius 2 is 2.00 bits per heavy atom. The first-order chi connectivity index (χ1) is 9.04. The van der Waals surface area contributed by atoms with E-state index in [2.05, 4.69) is 5.32 Å². The highest BCUT2D eigenvalue weighted by molar-refractivity contribution is 5.77. The number of aliphatic carboxylic acids is 1. The molecule has 1 aromatic carbocycles. The summed E-state index contributed by atoms with van der Waals surface area (Å²) < 4.78 is 0. The third kappa shape index (κ3) is 4.92. The van der Waals surface area contributed by atoms with Gasteiger partial charge in [0.2, 0.25) is 0 Å². The average molecular weight is 267 g/mol. The number of carbonyl (C=O) groups is 1. The van der Waals surface area contributed by atoms with Gasteiger partial charge in [-0.15, -0.1) is 0 Å². The molecule has 0 amide bonds. The first-order valence-corrected chi connectivity index (χ1v) is 5.98. The van der Waals surface area contributed by atoms with Gasteiger partial charge < -0.3 is 16.2 Å². The lowest BCUT2D eigenvalue weighted by Gasteiger charge is -2.15. The number of nitro benzene ring substituents is 1. The third-order valence-corrected chi connectivity index (χ3v) is 2.66. The Bertz CT molecular complexity index is 433. The topological polar surface area (TPSA) is 118 Å². The van der Waals surface area contributed by atoms with Crippen LogP contribution in [0, 0.1) is 10.1 Å². The maximum atomic E-state index is 11.1. The van der Waals surface area contributed by atoms with E-state index < -0.39 is 16.9 Å². The van der Waals surface area contributed by atoms with Gasteiger partial charge in [0.15, 0.2) is 0 Å². The highest BCUT2D eigenvalue weighted by Gasteiger charge is 2.16. The van der Waals surface area contributed by atoms with Gasteiger partial charge in [-0.1, -0.05) is 0 Å². The van der Waals surface area contributed by atoms with E-state index in [0.29, 0.717) is 25.1 Å². The number of nitrogens with zero attached hydrogens (tertiary/aromatic N) is 1. The normalized spacial score (nSPS) is 11.8. The molecule has 1 aromatic rings. The van der Waals surface area contributed by atoms with Gasteiger partial charge >= 0.3 is 5.97 Å². The predicted molar refractivity (Wildman–Crippen MR) is 71.0 cm³/mol. The fourth-order valence-electron chi connectivity index (χ4n) is 1.63. The van der Waals surface area contributed by atoms with Crippen molar-refractivity contribution in [3.63, 3.8) is 0 Å². The van der Waals surface area contributed by atoms with Crippen molar-refractivity contribution < 1.29 is 14.8 Å². The molecule has 1 atom stereocenters. The first-order valence-electron chi connectivity index (χ1n) is 5.98. The van der Waals surface area contributed by atoms with Crippen molar-refractivity contribution in [2.45, 2.75) is 25.3 Å². The monoisotopic (exact) mass is 267 g/mol. The van der Waals surface area contributed by atoms with Crippen LogP contribution in [-0.4, -0.2) is 28.6 Å². The number of unbranched alkanes of at least 4 members (excludes halogenated alkanes) is 1. The fourth-order valence-corrected chi connectivity index (χ4v) is 1.63. The second kappa shape index (κ2) is 7.32. The number of nitro groups is 1. The summed E-state index contributed by atoms with van der Waals surface area (Å²) in [6, 6.07) is 4.95. The molecular weight excluding hydrogens is 250 g/mol. The predicted octanol–water partition coefficient (Wildman–Crippen LogP) is 1.59. The van der Waals surface area contributed by atoms with Crippen molar-refractivity contribution in [3.05, 3.63) is 34.4 Å². The maximum Gasteiger partial charge on any atom is 0.326 e. The van der Waals surface area contributed by atoms with Gasteiger partial charge in [0.1, 0.15) is 6.04 Å². The molecule has 0 saturated carbocycles. The third-order valence-electron chi connectivity index (χ3n) is 2.66. The lowest BCUT2D eigenvalue weighted by atomic mass is 10.1. The number of anilines is 1. The van der Waals surface area contributed by atoms with E-state index in [9.17, 15) is 14.9 Å². The van der Waals surface area contributed by atoms with Crippen molar-refractivity contribution in [2.24, 2.45) is 5.73 Å². The van der Waals surface area contributed by atoms with E-state index in [1.807, 2.05) is 0 Å². The first kappa shape index (κ1) is 14.9. The van der Waals surface area contributed by atoms with E-state index in [1.165, 1.54) is 24.3 Å². The Kier molecular flexibility index (Phi) is 5.74. The number of nitrogens with two attached hydrogens (primary N) is 1. The van der Waals surface area contributed by atoms with E-state index in [1.54, 1.807) is 0 Å². The van der Waals surface area contributed by atoms with Crippen molar-refractivity contribution in [3.8, 4) is 0 Å². The van der Waals surface area contributed by atoms with Crippen molar-refractivity contribution >= 4 is 17.3 Å². The quantitative estimate of drug-likeness (QED) is 0.374. The molecule has 0 fully saturated rings. The molecule has 0 aromatic heterocycles. The summed E-state index contributed by atoms with van der Waals surface area (Å²) in [5, 5.41) is 22.4. The van der Waals surface area contributed by atoms with Gasteiger partial charge in [-0.3, -0.25) is 10.1 Å². The number of non-ortho nitro benzene ring substituents is 1. The second-order valence-electron chi connectivity index (χ2n) is 4.12. The lowest BCUT2D eigenvalue weighted by molar-refractivity contribution is -0.384. The zero-order valence-electron chi connectivity index (χ0n) is 10.4. The van der Waals surface area contributed by atoms with Gasteiger partial charge in [-0.25, -0.2) is 4.79 Å². The summed E-state index contributed by atoms with van der Waals surface area (Å²) >= 11 is 0. The Labute approximate surface area is 110 Å². The fraction of sp³-hybridized carbons (Fsp3) is 0.417. The lowest BCUT2D eigenvalue weighted by Crippen LogP contribution is -2.29. The average Bonchev–Trinajstić information content (AvgIpc) is 2.38. The van der Waals surface area contributed by atoms with Crippen LogP contribution in [0.3, 0.4) is 0 Å². The van der Waals surface area contributed by atoms with Gasteiger partial charge in [-0.05, 0) is 37.9 Å². The van der Waals surface area contributed by atoms with Crippen LogP contribution in [0.15, 0.2) is 24.3 Å². The molecule has 0 aliphatic rings. The number of rotatable bonds is 8. The number of hydrogen-bond acceptors (Lipinski definition) is 5. The van der Waals surface area contributed by atoms with Crippen LogP contribution in [0.25, 0.3) is 0 Å². The minimum Gasteiger partial charge on any atom is -0.480 e. The van der Waals surface area contributed by atoms with Gasteiger partial charge in [0.25, 0.3) is 5.69 Å². The SMILES string of the molecule is NCCCC[C@H](Nc1ccc([N+](=O)[O-])cc1)C(=O)O. The summed E-state index contributed by atoms with van der Waals surface area (Å²) in [6.45, 7) is 0.532. The van der Waals surface area contributed by atoms with Gasteiger partial charge in [0, 0.05) is 17.8 Å². The molecule has 0 spiro atoms. The molecule has 19 heavy (non-hydrogen) atoms. The molecule has 0 bridgehead atoms. The van der Waals surface area contributed by atoms with E-state index >= 15 is 0 Å². The van der Waals surface area contributed by atoms with Gasteiger partial charge in [0.05, 0.1) is 4.92 Å². The molecule has 0 saturated heterocycles. The molecule has 0 heterocycles. The maximum absolute atomic E-state index is 11.1. The summed E-state index contributed by atoms with van der Waals surface area (Å²) in [5.74, 6) is -0.949. The molecule has 7 nitrogen and oxygen atoms in total. The molecular formula is C12H17N3O4. The van der Waals surface area contributed by atoms with Crippen LogP contribution in [0.4, 0.5) is 11.4 Å². The molecule has 4 N–H and O–H groups in total. The highest BCUT2D eigenvalue weighted by Crippen LogP contribution is 2.17.